The van der Waals surface area contributed by atoms with E-state index in [4.69, 9.17) is 10.2 Å². The van der Waals surface area contributed by atoms with Crippen LogP contribution in [0.3, 0.4) is 0 Å². The van der Waals surface area contributed by atoms with Crippen molar-refractivity contribution in [3.8, 4) is 0 Å². The average Bonchev–Trinajstić information content (AvgIpc) is 2.70. The Hall–Kier alpha value is -0.710. The van der Waals surface area contributed by atoms with Crippen molar-refractivity contribution in [1.82, 2.24) is 5.32 Å². The molecule has 0 aromatic rings. The van der Waals surface area contributed by atoms with Crippen molar-refractivity contribution >= 4 is 5.78 Å². The van der Waals surface area contributed by atoms with Gasteiger partial charge in [-0.1, -0.05) is 6.58 Å². The van der Waals surface area contributed by atoms with Crippen LogP contribution in [-0.2, 0) is 4.79 Å². The second kappa shape index (κ2) is 7.91. The fourth-order valence-electron chi connectivity index (χ4n) is 1.07. The molecule has 1 saturated heterocycles. The number of nitrogens with one attached hydrogen (secondary N) is 1. The van der Waals surface area contributed by atoms with Crippen molar-refractivity contribution in [2.24, 2.45) is 0 Å². The van der Waals surface area contributed by atoms with Crippen molar-refractivity contribution in [2.45, 2.75) is 18.9 Å². The van der Waals surface area contributed by atoms with Gasteiger partial charge in [0.25, 0.3) is 0 Å². The van der Waals surface area contributed by atoms with Gasteiger partial charge in [-0.25, -0.2) is 0 Å². The summed E-state index contributed by atoms with van der Waals surface area (Å²) < 4.78 is 0. The minimum Gasteiger partial charge on any atom is -0.394 e. The van der Waals surface area contributed by atoms with Crippen LogP contribution in [0.25, 0.3) is 0 Å². The summed E-state index contributed by atoms with van der Waals surface area (Å²) in [5, 5.41) is 18.3. The zero-order chi connectivity index (χ0) is 10.1. The third-order valence-electron chi connectivity index (χ3n) is 1.70. The van der Waals surface area contributed by atoms with E-state index in [1.165, 1.54) is 6.08 Å². The Labute approximate surface area is 78.3 Å². The number of carbonyl (C=O) groups is 1. The Kier molecular flexibility index (Phi) is 7.48. The predicted octanol–water partition coefficient (Wildman–Crippen LogP) is -0.536. The van der Waals surface area contributed by atoms with Gasteiger partial charge in [-0.2, -0.15) is 0 Å². The van der Waals surface area contributed by atoms with Gasteiger partial charge in [0, 0.05) is 0 Å². The molecule has 0 saturated carbocycles. The molecule has 76 valence electrons. The highest BCUT2D eigenvalue weighted by atomic mass is 16.3. The maximum absolute atomic E-state index is 10.8. The Balaban J connectivity index is 0.000000310. The summed E-state index contributed by atoms with van der Waals surface area (Å²) in [4.78, 5) is 10.8. The minimum atomic E-state index is -0.125. The van der Waals surface area contributed by atoms with Crippen LogP contribution in [0.4, 0.5) is 0 Å². The second-order valence-corrected chi connectivity index (χ2v) is 2.70. The molecule has 0 amide bonds. The number of rotatable bonds is 3. The number of hydrogen-bond acceptors (Lipinski definition) is 4. The highest BCUT2D eigenvalue weighted by Gasteiger charge is 2.18. The molecule has 0 aromatic carbocycles. The van der Waals surface area contributed by atoms with E-state index in [1.54, 1.807) is 0 Å². The molecular weight excluding hydrogens is 170 g/mol. The van der Waals surface area contributed by atoms with Crippen LogP contribution in [0.2, 0.25) is 0 Å². The van der Waals surface area contributed by atoms with Gasteiger partial charge >= 0.3 is 0 Å². The van der Waals surface area contributed by atoms with Crippen molar-refractivity contribution in [3.05, 3.63) is 12.7 Å². The monoisotopic (exact) mass is 187 g/mol. The van der Waals surface area contributed by atoms with E-state index in [9.17, 15) is 4.79 Å². The fourth-order valence-corrected chi connectivity index (χ4v) is 1.07. The van der Waals surface area contributed by atoms with Crippen LogP contribution in [0.15, 0.2) is 12.7 Å². The molecule has 3 N–H and O–H groups in total. The summed E-state index contributed by atoms with van der Waals surface area (Å²) in [6.45, 7) is 4.14. The molecule has 0 aromatic heterocycles. The molecule has 1 rings (SSSR count). The van der Waals surface area contributed by atoms with Crippen LogP contribution in [0, 0.1) is 0 Å². The van der Waals surface area contributed by atoms with Gasteiger partial charge in [0.05, 0.1) is 19.3 Å². The van der Waals surface area contributed by atoms with Crippen molar-refractivity contribution < 1.29 is 15.0 Å². The molecule has 4 nitrogen and oxygen atoms in total. The fraction of sp³-hybridized carbons (Fsp3) is 0.667. The standard InChI is InChI=1S/C7H11NO.C2H6O2/c1-2-7(9)6-4-3-5-8-6;3-1-2-4/h2,6,8H,1,3-5H2;3-4H,1-2H2. The topological polar surface area (TPSA) is 69.6 Å². The predicted molar refractivity (Wildman–Crippen MR) is 50.4 cm³/mol. The summed E-state index contributed by atoms with van der Waals surface area (Å²) in [5.74, 6) is 0.132. The molecule has 1 unspecified atom stereocenters. The van der Waals surface area contributed by atoms with E-state index in [0.29, 0.717) is 0 Å². The Bertz CT molecular complexity index is 151. The molecule has 13 heavy (non-hydrogen) atoms. The van der Waals surface area contributed by atoms with Gasteiger partial charge in [-0.15, -0.1) is 0 Å². The summed E-state index contributed by atoms with van der Waals surface area (Å²) >= 11 is 0. The molecule has 0 bridgehead atoms. The summed E-state index contributed by atoms with van der Waals surface area (Å²) in [7, 11) is 0. The largest absolute Gasteiger partial charge is 0.394 e. The average molecular weight is 187 g/mol. The lowest BCUT2D eigenvalue weighted by atomic mass is 10.1. The van der Waals surface area contributed by atoms with E-state index in [0.717, 1.165) is 19.4 Å². The van der Waals surface area contributed by atoms with Gasteiger partial charge in [-0.05, 0) is 25.5 Å². The van der Waals surface area contributed by atoms with E-state index in [1.807, 2.05) is 0 Å². The first-order valence-corrected chi connectivity index (χ1v) is 4.37. The number of aliphatic hydroxyl groups is 2. The third kappa shape index (κ3) is 5.52. The number of carbonyl (C=O) groups excluding carboxylic acids is 1. The van der Waals surface area contributed by atoms with Gasteiger partial charge in [0.15, 0.2) is 5.78 Å². The first-order valence-electron chi connectivity index (χ1n) is 4.37. The number of aliphatic hydroxyl groups excluding tert-OH is 2. The smallest absolute Gasteiger partial charge is 0.171 e. The van der Waals surface area contributed by atoms with Crippen LogP contribution < -0.4 is 5.32 Å². The second-order valence-electron chi connectivity index (χ2n) is 2.70. The summed E-state index contributed by atoms with van der Waals surface area (Å²) in [6, 6.07) is 0.0718. The molecule has 0 spiro atoms. The quantitative estimate of drug-likeness (QED) is 0.519. The summed E-state index contributed by atoms with van der Waals surface area (Å²) in [5.41, 5.74) is 0. The van der Waals surface area contributed by atoms with Crippen LogP contribution in [0.1, 0.15) is 12.8 Å². The van der Waals surface area contributed by atoms with Gasteiger partial charge in [-0.3, -0.25) is 4.79 Å². The third-order valence-corrected chi connectivity index (χ3v) is 1.70. The van der Waals surface area contributed by atoms with Crippen molar-refractivity contribution in [1.29, 1.82) is 0 Å². The first kappa shape index (κ1) is 12.3. The van der Waals surface area contributed by atoms with Crippen molar-refractivity contribution in [2.75, 3.05) is 19.8 Å². The van der Waals surface area contributed by atoms with Gasteiger partial charge in [0.1, 0.15) is 0 Å². The van der Waals surface area contributed by atoms with Gasteiger partial charge < -0.3 is 15.5 Å². The molecule has 0 aliphatic carbocycles. The van der Waals surface area contributed by atoms with Gasteiger partial charge in [0.2, 0.25) is 0 Å². The molecule has 1 aliphatic rings. The number of hydrogen-bond donors (Lipinski definition) is 3. The molecule has 4 heteroatoms. The van der Waals surface area contributed by atoms with E-state index >= 15 is 0 Å². The Morgan fingerprint density at radius 1 is 1.54 bits per heavy atom. The van der Waals surface area contributed by atoms with Crippen LogP contribution in [-0.4, -0.2) is 41.8 Å². The summed E-state index contributed by atoms with van der Waals surface area (Å²) in [6.07, 6.45) is 3.48. The Morgan fingerprint density at radius 2 is 2.15 bits per heavy atom. The zero-order valence-electron chi connectivity index (χ0n) is 7.70. The van der Waals surface area contributed by atoms with Crippen LogP contribution in [0.5, 0.6) is 0 Å². The maximum atomic E-state index is 10.8. The molecule has 1 aliphatic heterocycles. The highest BCUT2D eigenvalue weighted by Crippen LogP contribution is 2.05. The SMILES string of the molecule is C=CC(=O)C1CCCN1.OCCO. The first-order chi connectivity index (χ1) is 6.26. The highest BCUT2D eigenvalue weighted by molar-refractivity contribution is 5.93. The lowest BCUT2D eigenvalue weighted by molar-refractivity contribution is -0.116. The Morgan fingerprint density at radius 3 is 2.46 bits per heavy atom. The maximum Gasteiger partial charge on any atom is 0.171 e. The van der Waals surface area contributed by atoms with E-state index < -0.39 is 0 Å². The normalized spacial score (nSPS) is 20.3. The van der Waals surface area contributed by atoms with E-state index in [2.05, 4.69) is 11.9 Å². The van der Waals surface area contributed by atoms with Crippen LogP contribution >= 0.6 is 0 Å². The molecular formula is C9H17NO3. The lowest BCUT2D eigenvalue weighted by Gasteiger charge is -2.02. The van der Waals surface area contributed by atoms with Crippen molar-refractivity contribution in [3.63, 3.8) is 0 Å². The zero-order valence-corrected chi connectivity index (χ0v) is 7.70. The minimum absolute atomic E-state index is 0.0718. The lowest BCUT2D eigenvalue weighted by Crippen LogP contribution is -2.28. The molecule has 0 radical (unpaired) electrons. The van der Waals surface area contributed by atoms with E-state index in [-0.39, 0.29) is 25.0 Å². The molecule has 1 atom stereocenters. The number of ketones is 1. The molecule has 1 fully saturated rings. The molecule has 1 heterocycles.